The van der Waals surface area contributed by atoms with Crippen LogP contribution in [-0.2, 0) is 0 Å². The van der Waals surface area contributed by atoms with E-state index >= 15 is 0 Å². The third kappa shape index (κ3) is 5.23. The molecule has 1 aromatic carbocycles. The summed E-state index contributed by atoms with van der Waals surface area (Å²) >= 11 is 6.03. The molecule has 1 N–H and O–H groups in total. The second-order valence-electron chi connectivity index (χ2n) is 3.96. The van der Waals surface area contributed by atoms with Gasteiger partial charge in [0.2, 0.25) is 0 Å². The van der Waals surface area contributed by atoms with Gasteiger partial charge in [0, 0.05) is 17.3 Å². The van der Waals surface area contributed by atoms with Crippen LogP contribution in [0.2, 0.25) is 0 Å². The molecule has 7 heteroatoms. The molecule has 0 aliphatic rings. The van der Waals surface area contributed by atoms with Crippen molar-refractivity contribution in [2.45, 2.75) is 13.8 Å². The van der Waals surface area contributed by atoms with Gasteiger partial charge in [-0.25, -0.2) is 0 Å². The van der Waals surface area contributed by atoms with E-state index in [-0.39, 0.29) is 41.2 Å². The summed E-state index contributed by atoms with van der Waals surface area (Å²) in [4.78, 5) is 12.0. The zero-order valence-electron chi connectivity index (χ0n) is 10.3. The van der Waals surface area contributed by atoms with Crippen LogP contribution in [0.25, 0.3) is 0 Å². The summed E-state index contributed by atoms with van der Waals surface area (Å²) in [5.41, 5.74) is 0.497. The van der Waals surface area contributed by atoms with Gasteiger partial charge in [0.15, 0.2) is 0 Å². The summed E-state index contributed by atoms with van der Waals surface area (Å²) in [6.45, 7) is 4.68. The molecular weight excluding hydrogens is 582 g/mol. The van der Waals surface area contributed by atoms with Crippen molar-refractivity contribution in [3.63, 3.8) is 0 Å². The van der Waals surface area contributed by atoms with Gasteiger partial charge in [0.1, 0.15) is 0 Å². The van der Waals surface area contributed by atoms with Gasteiger partial charge in [0.25, 0.3) is 5.91 Å². The first kappa shape index (κ1) is 19.7. The molecule has 0 aliphatic carbocycles. The zero-order chi connectivity index (χ0) is 13.2. The fourth-order valence-corrected chi connectivity index (χ4v) is 5.03. The minimum atomic E-state index is -0.166. The van der Waals surface area contributed by atoms with Gasteiger partial charge >= 0.3 is 29.6 Å². The fourth-order valence-electron chi connectivity index (χ4n) is 1.17. The molecule has 0 saturated carbocycles. The predicted octanol–water partition coefficient (Wildman–Crippen LogP) is -0.0362. The number of carbonyl (C=O) groups excluding carboxylic acids is 1. The maximum absolute atomic E-state index is 12.0. The van der Waals surface area contributed by atoms with E-state index in [9.17, 15) is 9.90 Å². The Bertz CT molecular complexity index is 452. The van der Waals surface area contributed by atoms with Crippen LogP contribution in [0.15, 0.2) is 6.07 Å². The number of halogens is 3. The quantitative estimate of drug-likeness (QED) is 0.396. The van der Waals surface area contributed by atoms with E-state index in [1.165, 1.54) is 0 Å². The van der Waals surface area contributed by atoms with E-state index in [1.807, 2.05) is 59.0 Å². The van der Waals surface area contributed by atoms with Gasteiger partial charge in [-0.3, -0.25) is 4.79 Å². The first-order chi connectivity index (χ1) is 7.84. The second-order valence-corrected chi connectivity index (χ2v) is 7.37. The minimum Gasteiger partial charge on any atom is -0.871 e. The number of rotatable bonds is 3. The number of nitrogens with one attached hydrogen (secondary N) is 1. The number of amides is 1. The number of hydrogen-bond acceptors (Lipinski definition) is 2. The van der Waals surface area contributed by atoms with Crippen molar-refractivity contribution in [1.82, 2.24) is 5.32 Å². The summed E-state index contributed by atoms with van der Waals surface area (Å²) < 4.78 is 1.97. The maximum Gasteiger partial charge on any atom is 1.00 e. The van der Waals surface area contributed by atoms with Crippen molar-refractivity contribution < 1.29 is 39.5 Å². The molecule has 0 heterocycles. The molecule has 0 aliphatic heterocycles. The molecule has 0 saturated heterocycles. The van der Waals surface area contributed by atoms with Crippen molar-refractivity contribution >= 4 is 73.7 Å². The van der Waals surface area contributed by atoms with Crippen LogP contribution in [0.4, 0.5) is 0 Å². The molecule has 0 fully saturated rings. The summed E-state index contributed by atoms with van der Waals surface area (Å²) in [6.07, 6.45) is 0. The van der Waals surface area contributed by atoms with E-state index < -0.39 is 0 Å². The Labute approximate surface area is 170 Å². The van der Waals surface area contributed by atoms with Crippen LogP contribution in [0, 0.1) is 16.6 Å². The van der Waals surface area contributed by atoms with Crippen molar-refractivity contribution in [1.29, 1.82) is 0 Å². The minimum absolute atomic E-state index is 0. The standard InChI is InChI=1S/C11H12I3NO2.Na/c1-5(2)4-15-11(17)8-6(12)3-7(13)10(16)9(8)14;/h3,5,16H,4H2,1-2H3,(H,15,17);/q;+1/p-1. The summed E-state index contributed by atoms with van der Waals surface area (Å²) in [5.74, 6) is 0.159. The molecule has 0 bridgehead atoms. The summed E-state index contributed by atoms with van der Waals surface area (Å²) in [5, 5.41) is 14.6. The van der Waals surface area contributed by atoms with Crippen LogP contribution in [0.5, 0.6) is 5.75 Å². The second kappa shape index (κ2) is 8.85. The third-order valence-electron chi connectivity index (χ3n) is 2.03. The fraction of sp³-hybridized carbons (Fsp3) is 0.364. The van der Waals surface area contributed by atoms with Gasteiger partial charge in [0.05, 0.1) is 5.56 Å². The number of carbonyl (C=O) groups is 1. The van der Waals surface area contributed by atoms with Crippen LogP contribution < -0.4 is 40.0 Å². The maximum atomic E-state index is 12.0. The molecule has 1 rings (SSSR count). The topological polar surface area (TPSA) is 52.2 Å². The van der Waals surface area contributed by atoms with Gasteiger partial charge in [-0.05, 0) is 79.8 Å². The molecule has 0 atom stereocenters. The average molecular weight is 593 g/mol. The normalized spacial score (nSPS) is 10.1. The largest absolute Gasteiger partial charge is 1.00 e. The van der Waals surface area contributed by atoms with Gasteiger partial charge < -0.3 is 10.4 Å². The van der Waals surface area contributed by atoms with Crippen molar-refractivity contribution in [2.75, 3.05) is 6.54 Å². The summed E-state index contributed by atoms with van der Waals surface area (Å²) in [6, 6.07) is 1.75. The van der Waals surface area contributed by atoms with Crippen LogP contribution in [-0.4, -0.2) is 12.5 Å². The van der Waals surface area contributed by atoms with Gasteiger partial charge in [-0.2, -0.15) is 0 Å². The first-order valence-electron chi connectivity index (χ1n) is 4.97. The Hall–Kier alpha value is 1.68. The Kier molecular flexibility index (Phi) is 9.68. The first-order valence-corrected chi connectivity index (χ1v) is 8.21. The smallest absolute Gasteiger partial charge is 0.871 e. The Morgan fingerprint density at radius 2 is 1.89 bits per heavy atom. The molecule has 1 amide bonds. The van der Waals surface area contributed by atoms with Crippen molar-refractivity contribution in [2.24, 2.45) is 5.92 Å². The van der Waals surface area contributed by atoms with Crippen molar-refractivity contribution in [3.8, 4) is 5.75 Å². The van der Waals surface area contributed by atoms with Gasteiger partial charge in [-0.1, -0.05) is 19.6 Å². The van der Waals surface area contributed by atoms with E-state index in [0.29, 0.717) is 25.2 Å². The van der Waals surface area contributed by atoms with E-state index in [4.69, 9.17) is 0 Å². The molecule has 18 heavy (non-hydrogen) atoms. The molecule has 0 spiro atoms. The molecule has 0 aromatic heterocycles. The molecular formula is C11H11I3NNaO2. The van der Waals surface area contributed by atoms with E-state index in [1.54, 1.807) is 6.07 Å². The molecule has 0 unspecified atom stereocenters. The van der Waals surface area contributed by atoms with Crippen LogP contribution in [0.1, 0.15) is 24.2 Å². The van der Waals surface area contributed by atoms with E-state index in [2.05, 4.69) is 27.9 Å². The number of hydrogen-bond donors (Lipinski definition) is 1. The Morgan fingerprint density at radius 3 is 2.39 bits per heavy atom. The zero-order valence-corrected chi connectivity index (χ0v) is 18.8. The van der Waals surface area contributed by atoms with Crippen molar-refractivity contribution in [3.05, 3.63) is 22.3 Å². The average Bonchev–Trinajstić information content (AvgIpc) is 2.23. The van der Waals surface area contributed by atoms with Gasteiger partial charge in [-0.15, -0.1) is 0 Å². The molecule has 0 radical (unpaired) electrons. The van der Waals surface area contributed by atoms with Crippen LogP contribution >= 0.6 is 67.8 Å². The molecule has 94 valence electrons. The van der Waals surface area contributed by atoms with Crippen LogP contribution in [0.3, 0.4) is 0 Å². The summed E-state index contributed by atoms with van der Waals surface area (Å²) in [7, 11) is 0. The van der Waals surface area contributed by atoms with E-state index in [0.717, 1.165) is 3.57 Å². The predicted molar refractivity (Wildman–Crippen MR) is 91.2 cm³/mol. The number of benzene rings is 1. The monoisotopic (exact) mass is 593 g/mol. The third-order valence-corrected chi connectivity index (χ3v) is 4.71. The Morgan fingerprint density at radius 1 is 1.33 bits per heavy atom. The molecule has 3 nitrogen and oxygen atoms in total. The SMILES string of the molecule is CC(C)CNC(=O)c1c(I)cc(I)c([O-])c1I.[Na+]. The Balaban J connectivity index is 0.00000289. The molecule has 1 aromatic rings.